The highest BCUT2D eigenvalue weighted by Gasteiger charge is 2.30. The standard InChI is InChI=1S/C14H24O4/c1-10(2)4-3-9-18-14(17)12-7-5-11(6-8-12)13(15)16/h10-12H,3-9H2,1-2H3,(H,15,16). The fourth-order valence-corrected chi connectivity index (χ4v) is 2.36. The van der Waals surface area contributed by atoms with Gasteiger partial charge in [-0.1, -0.05) is 13.8 Å². The van der Waals surface area contributed by atoms with Crippen molar-refractivity contribution in [2.45, 2.75) is 52.4 Å². The van der Waals surface area contributed by atoms with E-state index < -0.39 is 5.97 Å². The van der Waals surface area contributed by atoms with Crippen molar-refractivity contribution in [3.05, 3.63) is 0 Å². The van der Waals surface area contributed by atoms with Crippen LogP contribution in [0.25, 0.3) is 0 Å². The van der Waals surface area contributed by atoms with Crippen LogP contribution in [0.1, 0.15) is 52.4 Å². The molecule has 104 valence electrons. The minimum atomic E-state index is -0.737. The van der Waals surface area contributed by atoms with Gasteiger partial charge in [0.25, 0.3) is 0 Å². The van der Waals surface area contributed by atoms with Gasteiger partial charge in [0.15, 0.2) is 0 Å². The predicted octanol–water partition coefficient (Wildman–Crippen LogP) is 2.86. The summed E-state index contributed by atoms with van der Waals surface area (Å²) >= 11 is 0. The van der Waals surface area contributed by atoms with Crippen LogP contribution in [-0.2, 0) is 14.3 Å². The number of carboxylic acid groups (broad SMARTS) is 1. The van der Waals surface area contributed by atoms with E-state index in [4.69, 9.17) is 9.84 Å². The van der Waals surface area contributed by atoms with Crippen molar-refractivity contribution in [2.75, 3.05) is 6.61 Å². The van der Waals surface area contributed by atoms with Crippen molar-refractivity contribution in [3.63, 3.8) is 0 Å². The van der Waals surface area contributed by atoms with Gasteiger partial charge >= 0.3 is 11.9 Å². The predicted molar refractivity (Wildman–Crippen MR) is 68.1 cm³/mol. The van der Waals surface area contributed by atoms with Crippen molar-refractivity contribution < 1.29 is 19.4 Å². The monoisotopic (exact) mass is 256 g/mol. The molecular formula is C14H24O4. The van der Waals surface area contributed by atoms with E-state index in [9.17, 15) is 9.59 Å². The Morgan fingerprint density at radius 2 is 1.72 bits per heavy atom. The summed E-state index contributed by atoms with van der Waals surface area (Å²) in [5.74, 6) is -0.592. The Morgan fingerprint density at radius 3 is 2.22 bits per heavy atom. The first-order valence-corrected chi connectivity index (χ1v) is 6.90. The fraction of sp³-hybridized carbons (Fsp3) is 0.857. The first-order valence-electron chi connectivity index (χ1n) is 6.90. The van der Waals surface area contributed by atoms with Crippen LogP contribution >= 0.6 is 0 Å². The van der Waals surface area contributed by atoms with Gasteiger partial charge in [0.2, 0.25) is 0 Å². The van der Waals surface area contributed by atoms with E-state index in [1.54, 1.807) is 0 Å². The van der Waals surface area contributed by atoms with Crippen LogP contribution < -0.4 is 0 Å². The van der Waals surface area contributed by atoms with Crippen molar-refractivity contribution in [2.24, 2.45) is 17.8 Å². The zero-order chi connectivity index (χ0) is 13.5. The first-order chi connectivity index (χ1) is 8.50. The zero-order valence-corrected chi connectivity index (χ0v) is 11.4. The lowest BCUT2D eigenvalue weighted by molar-refractivity contribution is -0.152. The molecule has 1 saturated carbocycles. The molecule has 0 spiro atoms. The second-order valence-electron chi connectivity index (χ2n) is 5.59. The minimum Gasteiger partial charge on any atom is -0.481 e. The van der Waals surface area contributed by atoms with Gasteiger partial charge in [-0.3, -0.25) is 9.59 Å². The van der Waals surface area contributed by atoms with Gasteiger partial charge in [0, 0.05) is 0 Å². The quantitative estimate of drug-likeness (QED) is 0.586. The Kier molecular flexibility index (Phi) is 6.16. The van der Waals surface area contributed by atoms with E-state index in [-0.39, 0.29) is 17.8 Å². The second-order valence-corrected chi connectivity index (χ2v) is 5.59. The van der Waals surface area contributed by atoms with E-state index in [1.165, 1.54) is 0 Å². The van der Waals surface area contributed by atoms with Crippen molar-refractivity contribution in [1.82, 2.24) is 0 Å². The molecule has 4 nitrogen and oxygen atoms in total. The van der Waals surface area contributed by atoms with Crippen LogP contribution in [0.2, 0.25) is 0 Å². The Bertz CT molecular complexity index is 278. The summed E-state index contributed by atoms with van der Waals surface area (Å²) < 4.78 is 5.24. The molecule has 0 heterocycles. The Labute approximate surface area is 109 Å². The Morgan fingerprint density at radius 1 is 1.17 bits per heavy atom. The number of hydrogen-bond donors (Lipinski definition) is 1. The number of esters is 1. The highest BCUT2D eigenvalue weighted by molar-refractivity contribution is 5.74. The van der Waals surface area contributed by atoms with Crippen molar-refractivity contribution >= 4 is 11.9 Å². The van der Waals surface area contributed by atoms with Crippen LogP contribution in [0.3, 0.4) is 0 Å². The zero-order valence-electron chi connectivity index (χ0n) is 11.4. The number of aliphatic carboxylic acids is 1. The first kappa shape index (κ1) is 15.0. The molecule has 0 aliphatic heterocycles. The summed E-state index contributed by atoms with van der Waals surface area (Å²) in [7, 11) is 0. The van der Waals surface area contributed by atoms with Crippen LogP contribution in [0.15, 0.2) is 0 Å². The van der Waals surface area contributed by atoms with E-state index in [2.05, 4.69) is 13.8 Å². The van der Waals surface area contributed by atoms with Gasteiger partial charge in [0.05, 0.1) is 18.4 Å². The molecule has 1 fully saturated rings. The van der Waals surface area contributed by atoms with Gasteiger partial charge in [-0.25, -0.2) is 0 Å². The fourth-order valence-electron chi connectivity index (χ4n) is 2.36. The normalized spacial score (nSPS) is 23.9. The maximum absolute atomic E-state index is 11.7. The highest BCUT2D eigenvalue weighted by atomic mass is 16.5. The molecule has 0 atom stereocenters. The summed E-state index contributed by atoms with van der Waals surface area (Å²) in [6.45, 7) is 4.79. The van der Waals surface area contributed by atoms with E-state index in [0.717, 1.165) is 12.8 Å². The summed E-state index contributed by atoms with van der Waals surface area (Å²) in [5.41, 5.74) is 0. The maximum atomic E-state index is 11.7. The van der Waals surface area contributed by atoms with Gasteiger partial charge in [-0.05, 0) is 44.4 Å². The average Bonchev–Trinajstić information content (AvgIpc) is 2.34. The number of carbonyl (C=O) groups excluding carboxylic acids is 1. The molecule has 1 aliphatic carbocycles. The van der Waals surface area contributed by atoms with Crippen molar-refractivity contribution in [1.29, 1.82) is 0 Å². The molecule has 0 amide bonds. The lowest BCUT2D eigenvalue weighted by Gasteiger charge is -2.24. The average molecular weight is 256 g/mol. The third-order valence-corrected chi connectivity index (χ3v) is 3.58. The number of hydrogen-bond acceptors (Lipinski definition) is 3. The molecule has 4 heteroatoms. The molecule has 0 saturated heterocycles. The number of carboxylic acids is 1. The number of rotatable bonds is 6. The molecule has 0 radical (unpaired) electrons. The third-order valence-electron chi connectivity index (χ3n) is 3.58. The van der Waals surface area contributed by atoms with E-state index in [1.807, 2.05) is 0 Å². The number of carbonyl (C=O) groups is 2. The molecule has 1 rings (SSSR count). The summed E-state index contributed by atoms with van der Waals surface area (Å²) in [6, 6.07) is 0. The Hall–Kier alpha value is -1.06. The van der Waals surface area contributed by atoms with Gasteiger partial charge in [0.1, 0.15) is 0 Å². The maximum Gasteiger partial charge on any atom is 0.308 e. The third kappa shape index (κ3) is 5.07. The lowest BCUT2D eigenvalue weighted by atomic mass is 9.82. The Balaban J connectivity index is 2.18. The molecule has 1 N–H and O–H groups in total. The molecule has 0 aromatic heterocycles. The minimum absolute atomic E-state index is 0.0837. The summed E-state index contributed by atoms with van der Waals surface area (Å²) in [6.07, 6.45) is 4.48. The highest BCUT2D eigenvalue weighted by Crippen LogP contribution is 2.29. The van der Waals surface area contributed by atoms with Crippen LogP contribution in [0.5, 0.6) is 0 Å². The topological polar surface area (TPSA) is 63.6 Å². The molecule has 1 aliphatic rings. The largest absolute Gasteiger partial charge is 0.481 e. The number of ether oxygens (including phenoxy) is 1. The lowest BCUT2D eigenvalue weighted by Crippen LogP contribution is -2.27. The SMILES string of the molecule is CC(C)CCCOC(=O)C1CCC(C(=O)O)CC1. The molecule has 0 unspecified atom stereocenters. The molecule has 0 aromatic carbocycles. The molecular weight excluding hydrogens is 232 g/mol. The summed E-state index contributed by atoms with van der Waals surface area (Å²) in [5, 5.41) is 8.87. The van der Waals surface area contributed by atoms with Gasteiger partial charge in [-0.2, -0.15) is 0 Å². The van der Waals surface area contributed by atoms with Crippen LogP contribution in [0, 0.1) is 17.8 Å². The van der Waals surface area contributed by atoms with Crippen LogP contribution in [0.4, 0.5) is 0 Å². The van der Waals surface area contributed by atoms with E-state index >= 15 is 0 Å². The van der Waals surface area contributed by atoms with Gasteiger partial charge < -0.3 is 9.84 Å². The molecule has 18 heavy (non-hydrogen) atoms. The van der Waals surface area contributed by atoms with Crippen molar-refractivity contribution in [3.8, 4) is 0 Å². The van der Waals surface area contributed by atoms with E-state index in [0.29, 0.717) is 38.2 Å². The molecule has 0 aromatic rings. The van der Waals surface area contributed by atoms with Gasteiger partial charge in [-0.15, -0.1) is 0 Å². The second kappa shape index (κ2) is 7.39. The summed E-state index contributed by atoms with van der Waals surface area (Å²) in [4.78, 5) is 22.5. The smallest absolute Gasteiger partial charge is 0.308 e. The molecule has 0 bridgehead atoms. The van der Waals surface area contributed by atoms with Crippen LogP contribution in [-0.4, -0.2) is 23.7 Å².